The molecule has 2 heterocycles. The summed E-state index contributed by atoms with van der Waals surface area (Å²) in [6.07, 6.45) is 5.07. The van der Waals surface area contributed by atoms with Gasteiger partial charge in [-0.2, -0.15) is 5.10 Å². The number of aromatic nitrogens is 3. The predicted molar refractivity (Wildman–Crippen MR) is 150 cm³/mol. The van der Waals surface area contributed by atoms with Crippen LogP contribution in [-0.4, -0.2) is 52.1 Å². The van der Waals surface area contributed by atoms with Gasteiger partial charge in [0.05, 0.1) is 6.20 Å². The van der Waals surface area contributed by atoms with Gasteiger partial charge in [-0.05, 0) is 48.2 Å². The number of hydrogen-bond acceptors (Lipinski definition) is 5. The lowest BCUT2D eigenvalue weighted by Gasteiger charge is -2.21. The van der Waals surface area contributed by atoms with Crippen molar-refractivity contribution in [2.45, 2.75) is 32.4 Å². The molecule has 0 radical (unpaired) electrons. The Morgan fingerprint density at radius 2 is 1.77 bits per heavy atom. The van der Waals surface area contributed by atoms with Crippen LogP contribution in [0, 0.1) is 12.7 Å². The van der Waals surface area contributed by atoms with E-state index < -0.39 is 11.9 Å². The maximum absolute atomic E-state index is 14.0. The van der Waals surface area contributed by atoms with Gasteiger partial charge in [-0.15, -0.1) is 0 Å². The fourth-order valence-electron chi connectivity index (χ4n) is 4.07. The van der Waals surface area contributed by atoms with E-state index in [4.69, 9.17) is 0 Å². The highest BCUT2D eigenvalue weighted by atomic mass is 19.1. The zero-order chi connectivity index (χ0) is 27.9. The number of rotatable bonds is 10. The number of likely N-dealkylation sites (N-methyl/N-ethyl adjacent to an activating group) is 1. The van der Waals surface area contributed by atoms with Crippen LogP contribution in [0.15, 0.2) is 79.3 Å². The third kappa shape index (κ3) is 7.36. The first-order valence-electron chi connectivity index (χ1n) is 12.7. The van der Waals surface area contributed by atoms with Gasteiger partial charge in [0.25, 0.3) is 0 Å². The number of anilines is 1. The summed E-state index contributed by atoms with van der Waals surface area (Å²) >= 11 is 0. The molecule has 2 amide bonds. The Morgan fingerprint density at radius 3 is 2.44 bits per heavy atom. The highest BCUT2D eigenvalue weighted by molar-refractivity contribution is 5.95. The quantitative estimate of drug-likeness (QED) is 0.315. The first-order valence-corrected chi connectivity index (χ1v) is 12.7. The molecule has 0 saturated carbocycles. The smallest absolute Gasteiger partial charge is 0.247 e. The van der Waals surface area contributed by atoms with Crippen molar-refractivity contribution < 1.29 is 14.0 Å². The summed E-state index contributed by atoms with van der Waals surface area (Å²) in [4.78, 5) is 31.2. The molecule has 4 aromatic rings. The Morgan fingerprint density at radius 1 is 1.00 bits per heavy atom. The van der Waals surface area contributed by atoms with Gasteiger partial charge >= 0.3 is 0 Å². The summed E-state index contributed by atoms with van der Waals surface area (Å²) in [6.45, 7) is 4.78. The van der Waals surface area contributed by atoms with Crippen LogP contribution in [0.2, 0.25) is 0 Å². The monoisotopic (exact) mass is 528 g/mol. The van der Waals surface area contributed by atoms with Crippen LogP contribution < -0.4 is 10.6 Å². The number of nitrogens with one attached hydrogen (secondary N) is 2. The van der Waals surface area contributed by atoms with Crippen LogP contribution in [0.4, 0.5) is 10.2 Å². The molecule has 0 unspecified atom stereocenters. The Bertz CT molecular complexity index is 1420. The number of carbonyl (C=O) groups excluding carboxylic acids is 2. The van der Waals surface area contributed by atoms with Crippen LogP contribution in [-0.2, 0) is 16.1 Å². The van der Waals surface area contributed by atoms with Crippen molar-refractivity contribution >= 4 is 17.6 Å². The lowest BCUT2D eigenvalue weighted by Crippen LogP contribution is -2.35. The van der Waals surface area contributed by atoms with Gasteiger partial charge in [0.15, 0.2) is 0 Å². The summed E-state index contributed by atoms with van der Waals surface area (Å²) < 4.78 is 15.6. The fourth-order valence-corrected chi connectivity index (χ4v) is 4.07. The normalized spacial score (nSPS) is 12.5. The van der Waals surface area contributed by atoms with Crippen molar-refractivity contribution in [2.24, 2.45) is 0 Å². The number of hydrogen-bond donors (Lipinski definition) is 2. The molecule has 0 fully saturated rings. The van der Waals surface area contributed by atoms with Crippen LogP contribution in [0.25, 0.3) is 11.1 Å². The number of amides is 2. The molecule has 0 bridgehead atoms. The third-order valence-corrected chi connectivity index (χ3v) is 6.50. The molecule has 202 valence electrons. The second kappa shape index (κ2) is 12.4. The minimum Gasteiger partial charge on any atom is -0.347 e. The van der Waals surface area contributed by atoms with Crippen LogP contribution in [0.3, 0.4) is 0 Å². The van der Waals surface area contributed by atoms with Crippen LogP contribution >= 0.6 is 0 Å². The van der Waals surface area contributed by atoms with E-state index in [0.29, 0.717) is 17.9 Å². The molecule has 0 aliphatic heterocycles. The van der Waals surface area contributed by atoms with E-state index in [2.05, 4.69) is 51.9 Å². The second-order valence-corrected chi connectivity index (χ2v) is 9.84. The molecule has 8 nitrogen and oxygen atoms in total. The zero-order valence-electron chi connectivity index (χ0n) is 22.6. The van der Waals surface area contributed by atoms with Gasteiger partial charge in [0.1, 0.15) is 24.2 Å². The van der Waals surface area contributed by atoms with E-state index >= 15 is 0 Å². The van der Waals surface area contributed by atoms with Crippen LogP contribution in [0.5, 0.6) is 0 Å². The highest BCUT2D eigenvalue weighted by Gasteiger charge is 2.22. The highest BCUT2D eigenvalue weighted by Crippen LogP contribution is 2.22. The Labute approximate surface area is 227 Å². The number of aryl methyl sites for hydroxylation is 1. The van der Waals surface area contributed by atoms with Gasteiger partial charge < -0.3 is 15.5 Å². The van der Waals surface area contributed by atoms with Gasteiger partial charge in [-0.25, -0.2) is 9.37 Å². The molecule has 0 saturated heterocycles. The lowest BCUT2D eigenvalue weighted by atomic mass is 9.98. The standard InChI is InChI=1S/C30H33FN6O2/c1-20-8-10-22(11-9-20)21(2)15-33-29(23-6-5-7-26(31)14-23)30(39)35-27-13-12-24(16-32-27)25-17-34-37(18-25)19-28(38)36(3)4/h5-14,16-18,21,29,33H,15,19H2,1-4H3,(H,32,35,39)/t21-,29+/m1/s1. The maximum atomic E-state index is 14.0. The molecule has 2 aromatic carbocycles. The molecule has 9 heteroatoms. The van der Waals surface area contributed by atoms with E-state index in [9.17, 15) is 14.0 Å². The Balaban J connectivity index is 1.45. The maximum Gasteiger partial charge on any atom is 0.247 e. The molecule has 39 heavy (non-hydrogen) atoms. The zero-order valence-corrected chi connectivity index (χ0v) is 22.6. The Hall–Kier alpha value is -4.37. The molecule has 2 atom stereocenters. The van der Waals surface area contributed by atoms with Gasteiger partial charge in [0.2, 0.25) is 11.8 Å². The number of carbonyl (C=O) groups is 2. The summed E-state index contributed by atoms with van der Waals surface area (Å²) in [7, 11) is 3.39. The van der Waals surface area contributed by atoms with Crippen molar-refractivity contribution in [3.05, 3.63) is 102 Å². The average molecular weight is 529 g/mol. The van der Waals surface area contributed by atoms with Gasteiger partial charge in [0, 0.05) is 44.2 Å². The predicted octanol–water partition coefficient (Wildman–Crippen LogP) is 4.55. The SMILES string of the molecule is Cc1ccc([C@H](C)CN[C@H](C(=O)Nc2ccc(-c3cnn(CC(=O)N(C)C)c3)cn2)c2cccc(F)c2)cc1. The minimum atomic E-state index is -0.775. The molecule has 0 aliphatic carbocycles. The average Bonchev–Trinajstić information content (AvgIpc) is 3.38. The van der Waals surface area contributed by atoms with Crippen molar-refractivity contribution in [2.75, 3.05) is 26.0 Å². The number of nitrogens with zero attached hydrogens (tertiary/aromatic N) is 4. The van der Waals surface area contributed by atoms with Crippen molar-refractivity contribution in [3.63, 3.8) is 0 Å². The summed E-state index contributed by atoms with van der Waals surface area (Å²) in [5.41, 5.74) is 4.46. The number of pyridine rings is 1. The van der Waals surface area contributed by atoms with E-state index in [1.54, 1.807) is 55.6 Å². The number of benzene rings is 2. The van der Waals surface area contributed by atoms with Crippen molar-refractivity contribution in [1.82, 2.24) is 25.0 Å². The summed E-state index contributed by atoms with van der Waals surface area (Å²) in [5.74, 6) is -0.300. The van der Waals surface area contributed by atoms with E-state index in [1.807, 2.05) is 13.0 Å². The molecule has 0 spiro atoms. The molecular formula is C30H33FN6O2. The molecule has 2 N–H and O–H groups in total. The van der Waals surface area contributed by atoms with Crippen molar-refractivity contribution in [1.29, 1.82) is 0 Å². The topological polar surface area (TPSA) is 92.2 Å². The third-order valence-electron chi connectivity index (χ3n) is 6.50. The fraction of sp³-hybridized carbons (Fsp3) is 0.267. The number of halogens is 1. The largest absolute Gasteiger partial charge is 0.347 e. The molecule has 2 aromatic heterocycles. The first-order chi connectivity index (χ1) is 18.7. The molecule has 4 rings (SSSR count). The van der Waals surface area contributed by atoms with Gasteiger partial charge in [-0.1, -0.05) is 48.9 Å². The van der Waals surface area contributed by atoms with Crippen molar-refractivity contribution in [3.8, 4) is 11.1 Å². The van der Waals surface area contributed by atoms with E-state index in [1.165, 1.54) is 22.6 Å². The van der Waals surface area contributed by atoms with E-state index in [0.717, 1.165) is 16.7 Å². The molecular weight excluding hydrogens is 495 g/mol. The van der Waals surface area contributed by atoms with Crippen LogP contribution in [0.1, 0.15) is 35.6 Å². The molecule has 0 aliphatic rings. The summed E-state index contributed by atoms with van der Waals surface area (Å²) in [5, 5.41) is 10.4. The minimum absolute atomic E-state index is 0.0597. The second-order valence-electron chi connectivity index (χ2n) is 9.84. The first kappa shape index (κ1) is 27.7. The lowest BCUT2D eigenvalue weighted by molar-refractivity contribution is -0.129. The van der Waals surface area contributed by atoms with Gasteiger partial charge in [-0.3, -0.25) is 14.3 Å². The summed E-state index contributed by atoms with van der Waals surface area (Å²) in [6, 6.07) is 17.1. The Kier molecular flexibility index (Phi) is 8.83. The van der Waals surface area contributed by atoms with E-state index in [-0.39, 0.29) is 24.3 Å².